The van der Waals surface area contributed by atoms with Gasteiger partial charge in [-0.2, -0.15) is 0 Å². The number of nitrogens with zero attached hydrogens (tertiary/aromatic N) is 1. The highest BCUT2D eigenvalue weighted by Gasteiger charge is 2.29. The van der Waals surface area contributed by atoms with Crippen LogP contribution < -0.4 is 10.1 Å². The van der Waals surface area contributed by atoms with E-state index in [9.17, 15) is 0 Å². The van der Waals surface area contributed by atoms with Crippen molar-refractivity contribution in [1.82, 2.24) is 10.3 Å². The number of hydrogen-bond acceptors (Lipinski definition) is 4. The average molecular weight is 288 g/mol. The molecule has 0 radical (unpaired) electrons. The second-order valence-electron chi connectivity index (χ2n) is 5.06. The van der Waals surface area contributed by atoms with Crippen molar-refractivity contribution < 1.29 is 4.74 Å². The third kappa shape index (κ3) is 2.72. The number of nitrogens with one attached hydrogen (secondary N) is 1. The minimum Gasteiger partial charge on any atom is -0.493 e. The second kappa shape index (κ2) is 5.94. The minimum atomic E-state index is 0.682. The summed E-state index contributed by atoms with van der Waals surface area (Å²) in [5, 5.41) is 4.34. The zero-order valence-corrected chi connectivity index (χ0v) is 12.8. The summed E-state index contributed by atoms with van der Waals surface area (Å²) in [6.07, 6.45) is 2.57. The Balaban J connectivity index is 1.99. The summed E-state index contributed by atoms with van der Waals surface area (Å²) in [5.41, 5.74) is 2.41. The van der Waals surface area contributed by atoms with Crippen LogP contribution >= 0.6 is 11.3 Å². The monoisotopic (exact) mass is 288 g/mol. The van der Waals surface area contributed by atoms with Gasteiger partial charge < -0.3 is 10.1 Å². The lowest BCUT2D eigenvalue weighted by Gasteiger charge is -2.07. The summed E-state index contributed by atoms with van der Waals surface area (Å²) >= 11 is 1.79. The molecular weight excluding hydrogens is 268 g/mol. The van der Waals surface area contributed by atoms with E-state index in [1.54, 1.807) is 11.3 Å². The average Bonchev–Trinajstić information content (AvgIpc) is 3.22. The molecule has 106 valence electrons. The number of thiazole rings is 1. The van der Waals surface area contributed by atoms with Crippen molar-refractivity contribution >= 4 is 11.3 Å². The molecule has 1 fully saturated rings. The van der Waals surface area contributed by atoms with Crippen molar-refractivity contribution in [2.45, 2.75) is 32.2 Å². The van der Waals surface area contributed by atoms with Crippen LogP contribution in [-0.2, 0) is 6.54 Å². The summed E-state index contributed by atoms with van der Waals surface area (Å²) in [6.45, 7) is 3.60. The van der Waals surface area contributed by atoms with Gasteiger partial charge in [0.25, 0.3) is 0 Å². The Hall–Kier alpha value is -1.39. The molecule has 0 aliphatic heterocycles. The van der Waals surface area contributed by atoms with E-state index in [2.05, 4.69) is 11.4 Å². The van der Waals surface area contributed by atoms with E-state index < -0.39 is 0 Å². The summed E-state index contributed by atoms with van der Waals surface area (Å²) in [6, 6.07) is 8.19. The van der Waals surface area contributed by atoms with Crippen LogP contribution in [-0.4, -0.2) is 18.6 Å². The van der Waals surface area contributed by atoms with Gasteiger partial charge in [0, 0.05) is 17.3 Å². The van der Waals surface area contributed by atoms with Crippen molar-refractivity contribution in [3.63, 3.8) is 0 Å². The van der Waals surface area contributed by atoms with Gasteiger partial charge in [-0.1, -0.05) is 12.1 Å². The Morgan fingerprint density at radius 1 is 1.35 bits per heavy atom. The van der Waals surface area contributed by atoms with Gasteiger partial charge in [0.2, 0.25) is 0 Å². The Kier molecular flexibility index (Phi) is 4.03. The first kappa shape index (κ1) is 13.6. The molecule has 0 bridgehead atoms. The normalized spacial score (nSPS) is 14.5. The molecule has 3 nitrogen and oxygen atoms in total. The van der Waals surface area contributed by atoms with Gasteiger partial charge in [-0.3, -0.25) is 0 Å². The third-order valence-electron chi connectivity index (χ3n) is 3.45. The molecule has 1 heterocycles. The first-order chi connectivity index (χ1) is 9.83. The highest BCUT2D eigenvalue weighted by molar-refractivity contribution is 7.15. The van der Waals surface area contributed by atoms with Gasteiger partial charge in [0.1, 0.15) is 10.8 Å². The predicted octanol–water partition coefficient (Wildman–Crippen LogP) is 3.81. The van der Waals surface area contributed by atoms with Gasteiger partial charge >= 0.3 is 0 Å². The van der Waals surface area contributed by atoms with Crippen LogP contribution in [0.5, 0.6) is 5.75 Å². The molecule has 0 amide bonds. The molecule has 0 saturated heterocycles. The van der Waals surface area contributed by atoms with Crippen LogP contribution in [0.1, 0.15) is 36.3 Å². The zero-order valence-electron chi connectivity index (χ0n) is 12.0. The number of aromatic nitrogens is 1. The fourth-order valence-electron chi connectivity index (χ4n) is 2.37. The Labute approximate surface area is 124 Å². The van der Waals surface area contributed by atoms with E-state index in [0.29, 0.717) is 12.5 Å². The molecule has 0 unspecified atom stereocenters. The summed E-state index contributed by atoms with van der Waals surface area (Å²) in [7, 11) is 1.99. The maximum atomic E-state index is 5.73. The number of ether oxygens (including phenoxy) is 1. The summed E-state index contributed by atoms with van der Waals surface area (Å²) < 4.78 is 5.73. The standard InChI is InChI=1S/C16H20N2OS/c1-3-19-13-7-5-4-6-12(13)16-18-15(11-8-9-11)14(20-16)10-17-2/h4-7,11,17H,3,8-10H2,1-2H3. The van der Waals surface area contributed by atoms with Crippen LogP contribution in [0.3, 0.4) is 0 Å². The highest BCUT2D eigenvalue weighted by Crippen LogP contribution is 2.45. The van der Waals surface area contributed by atoms with Crippen LogP contribution in [0.25, 0.3) is 10.6 Å². The van der Waals surface area contributed by atoms with Gasteiger partial charge in [0.05, 0.1) is 17.9 Å². The fourth-order valence-corrected chi connectivity index (χ4v) is 3.56. The second-order valence-corrected chi connectivity index (χ2v) is 6.14. The van der Waals surface area contributed by atoms with E-state index in [1.165, 1.54) is 23.4 Å². The van der Waals surface area contributed by atoms with Gasteiger partial charge in [0.15, 0.2) is 0 Å². The number of hydrogen-bond donors (Lipinski definition) is 1. The van der Waals surface area contributed by atoms with Crippen molar-refractivity contribution in [2.75, 3.05) is 13.7 Å². The van der Waals surface area contributed by atoms with Crippen molar-refractivity contribution in [1.29, 1.82) is 0 Å². The highest BCUT2D eigenvalue weighted by atomic mass is 32.1. The Bertz CT molecular complexity index is 590. The van der Waals surface area contributed by atoms with Crippen molar-refractivity contribution in [3.05, 3.63) is 34.8 Å². The first-order valence-corrected chi connectivity index (χ1v) is 8.01. The number of benzene rings is 1. The first-order valence-electron chi connectivity index (χ1n) is 7.19. The molecule has 1 aliphatic carbocycles. The quantitative estimate of drug-likeness (QED) is 0.877. The van der Waals surface area contributed by atoms with Crippen molar-refractivity contribution in [2.24, 2.45) is 0 Å². The smallest absolute Gasteiger partial charge is 0.129 e. The molecule has 1 N–H and O–H groups in total. The van der Waals surface area contributed by atoms with Crippen LogP contribution in [0.2, 0.25) is 0 Å². The van der Waals surface area contributed by atoms with E-state index in [0.717, 1.165) is 22.9 Å². The molecule has 0 spiro atoms. The molecule has 0 atom stereocenters. The Morgan fingerprint density at radius 2 is 2.15 bits per heavy atom. The molecule has 1 aromatic heterocycles. The van der Waals surface area contributed by atoms with Gasteiger partial charge in [-0.05, 0) is 38.9 Å². The van der Waals surface area contributed by atoms with E-state index in [1.807, 2.05) is 32.2 Å². The SMILES string of the molecule is CCOc1ccccc1-c1nc(C2CC2)c(CNC)s1. The third-order valence-corrected chi connectivity index (χ3v) is 4.55. The van der Waals surface area contributed by atoms with Crippen LogP contribution in [0.15, 0.2) is 24.3 Å². The number of para-hydroxylation sites is 1. The number of rotatable bonds is 6. The molecular formula is C16H20N2OS. The maximum absolute atomic E-state index is 5.73. The van der Waals surface area contributed by atoms with Crippen LogP contribution in [0.4, 0.5) is 0 Å². The maximum Gasteiger partial charge on any atom is 0.129 e. The molecule has 1 aromatic carbocycles. The Morgan fingerprint density at radius 3 is 2.85 bits per heavy atom. The lowest BCUT2D eigenvalue weighted by Crippen LogP contribution is -2.05. The zero-order chi connectivity index (χ0) is 13.9. The lowest BCUT2D eigenvalue weighted by atomic mass is 10.2. The van der Waals surface area contributed by atoms with Crippen molar-refractivity contribution in [3.8, 4) is 16.3 Å². The predicted molar refractivity (Wildman–Crippen MR) is 83.5 cm³/mol. The summed E-state index contributed by atoms with van der Waals surface area (Å²) in [4.78, 5) is 6.27. The van der Waals surface area contributed by atoms with Crippen LogP contribution in [0, 0.1) is 0 Å². The molecule has 1 aliphatic rings. The molecule has 3 rings (SSSR count). The molecule has 1 saturated carbocycles. The van der Waals surface area contributed by atoms with E-state index in [4.69, 9.17) is 9.72 Å². The topological polar surface area (TPSA) is 34.1 Å². The molecule has 4 heteroatoms. The van der Waals surface area contributed by atoms with Gasteiger partial charge in [-0.25, -0.2) is 4.98 Å². The molecule has 2 aromatic rings. The van der Waals surface area contributed by atoms with E-state index in [-0.39, 0.29) is 0 Å². The minimum absolute atomic E-state index is 0.682. The largest absolute Gasteiger partial charge is 0.493 e. The summed E-state index contributed by atoms with van der Waals surface area (Å²) in [5.74, 6) is 1.62. The molecule has 20 heavy (non-hydrogen) atoms. The lowest BCUT2D eigenvalue weighted by molar-refractivity contribution is 0.341. The fraction of sp³-hybridized carbons (Fsp3) is 0.438. The van der Waals surface area contributed by atoms with Gasteiger partial charge in [-0.15, -0.1) is 11.3 Å². The van der Waals surface area contributed by atoms with E-state index >= 15 is 0 Å².